The molecule has 1 aromatic carbocycles. The van der Waals surface area contributed by atoms with Gasteiger partial charge in [-0.15, -0.1) is 11.3 Å². The van der Waals surface area contributed by atoms with Crippen LogP contribution in [0.25, 0.3) is 0 Å². The monoisotopic (exact) mass is 304 g/mol. The molecule has 3 nitrogen and oxygen atoms in total. The molecular weight excluding hydrogens is 280 g/mol. The van der Waals surface area contributed by atoms with Crippen molar-refractivity contribution < 1.29 is 4.74 Å². The van der Waals surface area contributed by atoms with Crippen LogP contribution in [0.4, 0.5) is 0 Å². The Bertz CT molecular complexity index is 566. The van der Waals surface area contributed by atoms with Crippen LogP contribution in [0.3, 0.4) is 0 Å². The third kappa shape index (κ3) is 4.29. The van der Waals surface area contributed by atoms with E-state index in [0.29, 0.717) is 0 Å². The molecule has 0 aliphatic heterocycles. The van der Waals surface area contributed by atoms with Crippen LogP contribution < -0.4 is 10.1 Å². The largest absolute Gasteiger partial charge is 0.496 e. The number of nitrogens with one attached hydrogen (secondary N) is 1. The molecule has 0 fully saturated rings. The van der Waals surface area contributed by atoms with E-state index in [1.54, 1.807) is 7.11 Å². The summed E-state index contributed by atoms with van der Waals surface area (Å²) < 4.78 is 5.42. The summed E-state index contributed by atoms with van der Waals surface area (Å²) in [6, 6.07) is 8.17. The van der Waals surface area contributed by atoms with Crippen molar-refractivity contribution in [2.24, 2.45) is 0 Å². The molecule has 0 aliphatic rings. The number of rotatable bonds is 8. The molecule has 0 radical (unpaired) electrons. The summed E-state index contributed by atoms with van der Waals surface area (Å²) in [5, 5.41) is 4.64. The van der Waals surface area contributed by atoms with Gasteiger partial charge in [-0.3, -0.25) is 0 Å². The average Bonchev–Trinajstić information content (AvgIpc) is 2.90. The lowest BCUT2D eigenvalue weighted by Crippen LogP contribution is -2.13. The molecule has 1 aromatic heterocycles. The van der Waals surface area contributed by atoms with Crippen molar-refractivity contribution in [3.8, 4) is 5.75 Å². The number of hydrogen-bond acceptors (Lipinski definition) is 4. The van der Waals surface area contributed by atoms with Gasteiger partial charge in [-0.1, -0.05) is 32.0 Å². The highest BCUT2D eigenvalue weighted by Crippen LogP contribution is 2.25. The van der Waals surface area contributed by atoms with Crippen molar-refractivity contribution in [1.82, 2.24) is 10.3 Å². The van der Waals surface area contributed by atoms with Crippen molar-refractivity contribution >= 4 is 11.3 Å². The average molecular weight is 304 g/mol. The number of methoxy groups -OCH3 is 1. The normalized spacial score (nSPS) is 10.8. The van der Waals surface area contributed by atoms with E-state index in [-0.39, 0.29) is 0 Å². The first-order valence-electron chi connectivity index (χ1n) is 7.58. The molecule has 1 N–H and O–H groups in total. The highest BCUT2D eigenvalue weighted by molar-refractivity contribution is 7.11. The maximum Gasteiger partial charge on any atom is 0.122 e. The molecule has 2 rings (SSSR count). The fourth-order valence-electron chi connectivity index (χ4n) is 2.32. The molecule has 2 aromatic rings. The lowest BCUT2D eigenvalue weighted by atomic mass is 10.1. The zero-order valence-corrected chi connectivity index (χ0v) is 13.9. The summed E-state index contributed by atoms with van der Waals surface area (Å²) in [5.74, 6) is 0.941. The summed E-state index contributed by atoms with van der Waals surface area (Å²) in [7, 11) is 1.72. The molecule has 0 saturated carbocycles. The van der Waals surface area contributed by atoms with Crippen molar-refractivity contribution in [2.75, 3.05) is 13.7 Å². The Labute approximate surface area is 131 Å². The Balaban J connectivity index is 2.13. The first kappa shape index (κ1) is 16.0. The third-order valence-electron chi connectivity index (χ3n) is 3.40. The summed E-state index contributed by atoms with van der Waals surface area (Å²) in [4.78, 5) is 6.17. The fraction of sp³-hybridized carbons (Fsp3) is 0.471. The number of nitrogens with zero attached hydrogens (tertiary/aromatic N) is 1. The smallest absolute Gasteiger partial charge is 0.122 e. The van der Waals surface area contributed by atoms with Gasteiger partial charge < -0.3 is 10.1 Å². The van der Waals surface area contributed by atoms with E-state index in [4.69, 9.17) is 9.72 Å². The molecule has 0 unspecified atom stereocenters. The Morgan fingerprint density at radius 3 is 2.76 bits per heavy atom. The Hall–Kier alpha value is -1.39. The minimum atomic E-state index is 0.843. The van der Waals surface area contributed by atoms with E-state index in [9.17, 15) is 0 Å². The van der Waals surface area contributed by atoms with Crippen LogP contribution in [0.5, 0.6) is 5.75 Å². The lowest BCUT2D eigenvalue weighted by molar-refractivity contribution is 0.410. The molecule has 114 valence electrons. The predicted molar refractivity (Wildman–Crippen MR) is 89.3 cm³/mol. The maximum absolute atomic E-state index is 5.42. The fourth-order valence-corrected chi connectivity index (χ4v) is 3.47. The number of benzene rings is 1. The standard InChI is InChI=1S/C17H24N2OS/c1-4-10-18-12-16-14(5-2)19-17(21-16)11-13-8-6-7-9-15(13)20-3/h6-9,18H,4-5,10-12H2,1-3H3. The topological polar surface area (TPSA) is 34.1 Å². The highest BCUT2D eigenvalue weighted by atomic mass is 32.1. The van der Waals surface area contributed by atoms with Gasteiger partial charge in [0.05, 0.1) is 17.8 Å². The van der Waals surface area contributed by atoms with Crippen LogP contribution in [0.2, 0.25) is 0 Å². The van der Waals surface area contributed by atoms with Gasteiger partial charge in [0.15, 0.2) is 0 Å². The van der Waals surface area contributed by atoms with E-state index in [0.717, 1.165) is 38.1 Å². The molecule has 4 heteroatoms. The van der Waals surface area contributed by atoms with E-state index in [2.05, 4.69) is 31.3 Å². The number of hydrogen-bond donors (Lipinski definition) is 1. The first-order valence-corrected chi connectivity index (χ1v) is 8.40. The number of para-hydroxylation sites is 1. The second-order valence-corrected chi connectivity index (χ2v) is 6.16. The summed E-state index contributed by atoms with van der Waals surface area (Å²) >= 11 is 1.82. The second kappa shape index (κ2) is 8.15. The molecule has 0 saturated heterocycles. The second-order valence-electron chi connectivity index (χ2n) is 5.00. The van der Waals surface area contributed by atoms with Crippen LogP contribution in [-0.2, 0) is 19.4 Å². The molecule has 0 spiro atoms. The SMILES string of the molecule is CCCNCc1sc(Cc2ccccc2OC)nc1CC. The van der Waals surface area contributed by atoms with Crippen molar-refractivity contribution in [3.05, 3.63) is 45.4 Å². The van der Waals surface area contributed by atoms with Crippen molar-refractivity contribution in [2.45, 2.75) is 39.7 Å². The zero-order valence-electron chi connectivity index (χ0n) is 13.1. The van der Waals surface area contributed by atoms with Crippen LogP contribution in [0.1, 0.15) is 41.4 Å². The molecule has 0 atom stereocenters. The molecule has 21 heavy (non-hydrogen) atoms. The van der Waals surface area contributed by atoms with Gasteiger partial charge >= 0.3 is 0 Å². The van der Waals surface area contributed by atoms with Gasteiger partial charge in [-0.2, -0.15) is 0 Å². The highest BCUT2D eigenvalue weighted by Gasteiger charge is 2.11. The summed E-state index contributed by atoms with van der Waals surface area (Å²) in [6.45, 7) is 6.35. The minimum Gasteiger partial charge on any atom is -0.496 e. The molecular formula is C17H24N2OS. The number of thiazole rings is 1. The Kier molecular flexibility index (Phi) is 6.21. The number of ether oxygens (including phenoxy) is 1. The number of aromatic nitrogens is 1. The van der Waals surface area contributed by atoms with Gasteiger partial charge in [0.1, 0.15) is 5.75 Å². The zero-order chi connectivity index (χ0) is 15.1. The van der Waals surface area contributed by atoms with E-state index in [1.165, 1.54) is 21.1 Å². The van der Waals surface area contributed by atoms with Gasteiger partial charge in [-0.25, -0.2) is 4.98 Å². The van der Waals surface area contributed by atoms with Gasteiger partial charge in [0.2, 0.25) is 0 Å². The van der Waals surface area contributed by atoms with Crippen LogP contribution in [0, 0.1) is 0 Å². The quantitative estimate of drug-likeness (QED) is 0.753. The molecule has 0 aliphatic carbocycles. The van der Waals surface area contributed by atoms with Gasteiger partial charge in [0.25, 0.3) is 0 Å². The van der Waals surface area contributed by atoms with E-state index in [1.807, 2.05) is 23.5 Å². The van der Waals surface area contributed by atoms with Gasteiger partial charge in [-0.05, 0) is 25.5 Å². The van der Waals surface area contributed by atoms with Crippen LogP contribution in [-0.4, -0.2) is 18.6 Å². The molecule has 1 heterocycles. The summed E-state index contributed by atoms with van der Waals surface area (Å²) in [5.41, 5.74) is 2.43. The molecule has 0 amide bonds. The first-order chi connectivity index (χ1) is 10.3. The van der Waals surface area contributed by atoms with E-state index < -0.39 is 0 Å². The maximum atomic E-state index is 5.42. The Morgan fingerprint density at radius 1 is 1.24 bits per heavy atom. The predicted octanol–water partition coefficient (Wildman–Crippen LogP) is 3.80. The van der Waals surface area contributed by atoms with Crippen LogP contribution in [0.15, 0.2) is 24.3 Å². The molecule has 0 bridgehead atoms. The Morgan fingerprint density at radius 2 is 2.05 bits per heavy atom. The minimum absolute atomic E-state index is 0.843. The third-order valence-corrected chi connectivity index (χ3v) is 4.50. The van der Waals surface area contributed by atoms with Crippen molar-refractivity contribution in [1.29, 1.82) is 0 Å². The number of aryl methyl sites for hydroxylation is 1. The van der Waals surface area contributed by atoms with Crippen LogP contribution >= 0.6 is 11.3 Å². The van der Waals surface area contributed by atoms with Gasteiger partial charge in [0, 0.05) is 23.4 Å². The van der Waals surface area contributed by atoms with E-state index >= 15 is 0 Å². The lowest BCUT2D eigenvalue weighted by Gasteiger charge is -2.05. The summed E-state index contributed by atoms with van der Waals surface area (Å²) in [6.07, 6.45) is 3.00. The van der Waals surface area contributed by atoms with Crippen molar-refractivity contribution in [3.63, 3.8) is 0 Å².